The Morgan fingerprint density at radius 3 is 2.65 bits per heavy atom. The molecule has 0 aliphatic rings. The molecule has 0 fully saturated rings. The van der Waals surface area contributed by atoms with E-state index in [0.717, 1.165) is 19.5 Å². The van der Waals surface area contributed by atoms with Gasteiger partial charge < -0.3 is 20.7 Å². The second-order valence-electron chi connectivity index (χ2n) is 4.16. The van der Waals surface area contributed by atoms with Crippen molar-refractivity contribution in [3.63, 3.8) is 0 Å². The summed E-state index contributed by atoms with van der Waals surface area (Å²) in [6, 6.07) is 0. The highest BCUT2D eigenvalue weighted by Gasteiger charge is 2.01. The minimum atomic E-state index is -0.0957. The van der Waals surface area contributed by atoms with Gasteiger partial charge in [-0.1, -0.05) is 0 Å². The van der Waals surface area contributed by atoms with Crippen LogP contribution in [0.4, 0.5) is 0 Å². The topological polar surface area (TPSA) is 74.8 Å². The number of nitrogens with zero attached hydrogens (tertiary/aromatic N) is 1. The van der Waals surface area contributed by atoms with Gasteiger partial charge in [0, 0.05) is 26.7 Å². The number of nitrogens with one attached hydrogen (secondary N) is 3. The Hall–Kier alpha value is -0.950. The lowest BCUT2D eigenvalue weighted by Gasteiger charge is -2.11. The van der Waals surface area contributed by atoms with Crippen LogP contribution in [0.2, 0.25) is 0 Å². The van der Waals surface area contributed by atoms with Crippen LogP contribution < -0.4 is 16.0 Å². The van der Waals surface area contributed by atoms with E-state index in [0.29, 0.717) is 19.1 Å². The largest absolute Gasteiger partial charge is 0.383 e. The van der Waals surface area contributed by atoms with Gasteiger partial charge in [-0.05, 0) is 31.8 Å². The molecule has 0 saturated heterocycles. The highest BCUT2D eigenvalue weighted by molar-refractivity contribution is 7.98. The zero-order valence-electron chi connectivity index (χ0n) is 12.8. The van der Waals surface area contributed by atoms with Crippen molar-refractivity contribution in [2.45, 2.75) is 19.8 Å². The van der Waals surface area contributed by atoms with Crippen molar-refractivity contribution in [2.75, 3.05) is 51.9 Å². The lowest BCUT2D eigenvalue weighted by molar-refractivity contribution is -0.119. The summed E-state index contributed by atoms with van der Waals surface area (Å²) in [6.45, 7) is 4.82. The molecule has 0 spiro atoms. The first-order chi connectivity index (χ1) is 9.74. The van der Waals surface area contributed by atoms with Gasteiger partial charge in [-0.25, -0.2) is 4.99 Å². The molecule has 0 radical (unpaired) electrons. The first kappa shape index (κ1) is 19.1. The number of unbranched alkanes of at least 4 members (excludes halogenated alkanes) is 1. The van der Waals surface area contributed by atoms with Crippen LogP contribution in [0, 0.1) is 0 Å². The summed E-state index contributed by atoms with van der Waals surface area (Å²) in [7, 11) is 1.61. The molecule has 0 aliphatic heterocycles. The second kappa shape index (κ2) is 14.5. The van der Waals surface area contributed by atoms with E-state index >= 15 is 0 Å². The smallest absolute Gasteiger partial charge is 0.241 e. The highest BCUT2D eigenvalue weighted by atomic mass is 32.2. The fraction of sp³-hybridized carbons (Fsp3) is 0.846. The molecule has 0 saturated carbocycles. The van der Waals surface area contributed by atoms with Gasteiger partial charge in [0.25, 0.3) is 0 Å². The van der Waals surface area contributed by atoms with E-state index in [1.165, 1.54) is 12.2 Å². The Labute approximate surface area is 126 Å². The average Bonchev–Trinajstić information content (AvgIpc) is 2.44. The molecular formula is C13H28N4O2S. The van der Waals surface area contributed by atoms with Gasteiger partial charge in [-0.2, -0.15) is 11.8 Å². The number of hydrogen-bond acceptors (Lipinski definition) is 4. The lowest BCUT2D eigenvalue weighted by Crippen LogP contribution is -2.39. The highest BCUT2D eigenvalue weighted by Crippen LogP contribution is 1.97. The maximum atomic E-state index is 11.5. The van der Waals surface area contributed by atoms with E-state index in [4.69, 9.17) is 4.74 Å². The van der Waals surface area contributed by atoms with Crippen molar-refractivity contribution >= 4 is 23.6 Å². The number of aliphatic imine (C=N–C) groups is 1. The Bertz CT molecular complexity index is 275. The lowest BCUT2D eigenvalue weighted by atomic mass is 10.3. The van der Waals surface area contributed by atoms with E-state index < -0.39 is 0 Å². The number of thioether (sulfide) groups is 1. The summed E-state index contributed by atoms with van der Waals surface area (Å²) in [5.74, 6) is 1.78. The van der Waals surface area contributed by atoms with Crippen molar-refractivity contribution in [1.82, 2.24) is 16.0 Å². The number of carbonyl (C=O) groups is 1. The second-order valence-corrected chi connectivity index (χ2v) is 5.15. The number of ether oxygens (including phenoxy) is 1. The van der Waals surface area contributed by atoms with Crippen LogP contribution in [0.1, 0.15) is 19.8 Å². The molecule has 7 heteroatoms. The quantitative estimate of drug-likeness (QED) is 0.293. The summed E-state index contributed by atoms with van der Waals surface area (Å²) in [6.07, 6.45) is 4.40. The molecule has 0 aromatic heterocycles. The summed E-state index contributed by atoms with van der Waals surface area (Å²) >= 11 is 1.86. The Kier molecular flexibility index (Phi) is 13.8. The van der Waals surface area contributed by atoms with Crippen LogP contribution in [0.3, 0.4) is 0 Å². The molecule has 0 bridgehead atoms. The summed E-state index contributed by atoms with van der Waals surface area (Å²) < 4.78 is 4.86. The normalized spacial score (nSPS) is 11.2. The summed E-state index contributed by atoms with van der Waals surface area (Å²) in [5, 5.41) is 9.09. The van der Waals surface area contributed by atoms with Crippen LogP contribution in [0.5, 0.6) is 0 Å². The molecule has 0 heterocycles. The maximum absolute atomic E-state index is 11.5. The van der Waals surface area contributed by atoms with Crippen molar-refractivity contribution in [1.29, 1.82) is 0 Å². The van der Waals surface area contributed by atoms with Crippen LogP contribution >= 0.6 is 11.8 Å². The first-order valence-electron chi connectivity index (χ1n) is 7.01. The van der Waals surface area contributed by atoms with Gasteiger partial charge in [0.05, 0.1) is 6.61 Å². The molecule has 3 N–H and O–H groups in total. The maximum Gasteiger partial charge on any atom is 0.241 e. The molecular weight excluding hydrogens is 276 g/mol. The van der Waals surface area contributed by atoms with Crippen molar-refractivity contribution in [3.05, 3.63) is 0 Å². The molecule has 6 nitrogen and oxygen atoms in total. The minimum absolute atomic E-state index is 0.0957. The van der Waals surface area contributed by atoms with Gasteiger partial charge in [-0.3, -0.25) is 4.79 Å². The van der Waals surface area contributed by atoms with Gasteiger partial charge in [0.15, 0.2) is 5.96 Å². The minimum Gasteiger partial charge on any atom is -0.383 e. The molecule has 0 aromatic rings. The van der Waals surface area contributed by atoms with Gasteiger partial charge in [0.1, 0.15) is 6.54 Å². The molecule has 20 heavy (non-hydrogen) atoms. The van der Waals surface area contributed by atoms with Gasteiger partial charge in [-0.15, -0.1) is 0 Å². The third kappa shape index (κ3) is 12.1. The van der Waals surface area contributed by atoms with Crippen LogP contribution in [0.15, 0.2) is 4.99 Å². The summed E-state index contributed by atoms with van der Waals surface area (Å²) in [5.41, 5.74) is 0. The van der Waals surface area contributed by atoms with Gasteiger partial charge in [0.2, 0.25) is 5.91 Å². The third-order valence-electron chi connectivity index (χ3n) is 2.42. The number of guanidine groups is 1. The first-order valence-corrected chi connectivity index (χ1v) is 8.40. The molecule has 1 amide bonds. The van der Waals surface area contributed by atoms with Crippen molar-refractivity contribution in [2.24, 2.45) is 4.99 Å². The molecule has 118 valence electrons. The van der Waals surface area contributed by atoms with E-state index in [2.05, 4.69) is 27.2 Å². The number of amides is 1. The molecule has 0 aliphatic carbocycles. The molecule has 0 atom stereocenters. The van der Waals surface area contributed by atoms with Crippen LogP contribution in [0.25, 0.3) is 0 Å². The molecule has 0 unspecified atom stereocenters. The van der Waals surface area contributed by atoms with Crippen LogP contribution in [-0.4, -0.2) is 63.8 Å². The fourth-order valence-electron chi connectivity index (χ4n) is 1.42. The van der Waals surface area contributed by atoms with E-state index in [9.17, 15) is 4.79 Å². The number of methoxy groups -OCH3 is 1. The average molecular weight is 304 g/mol. The molecule has 0 rings (SSSR count). The zero-order chi connectivity index (χ0) is 15.1. The Morgan fingerprint density at radius 2 is 2.00 bits per heavy atom. The zero-order valence-corrected chi connectivity index (χ0v) is 13.6. The SMILES string of the molecule is CCNC(=NCC(=O)NCCOC)NCCCCSC. The van der Waals surface area contributed by atoms with Crippen LogP contribution in [-0.2, 0) is 9.53 Å². The standard InChI is InChI=1S/C13H28N4O2S/c1-4-14-13(16-7-5-6-10-20-3)17-11-12(18)15-8-9-19-2/h4-11H2,1-3H3,(H,15,18)(H2,14,16,17). The Morgan fingerprint density at radius 1 is 1.20 bits per heavy atom. The predicted octanol–water partition coefficient (Wildman–Crippen LogP) is 0.447. The number of hydrogen-bond donors (Lipinski definition) is 3. The number of rotatable bonds is 11. The third-order valence-corrected chi connectivity index (χ3v) is 3.12. The van der Waals surface area contributed by atoms with E-state index in [-0.39, 0.29) is 12.5 Å². The van der Waals surface area contributed by atoms with E-state index in [1.54, 1.807) is 7.11 Å². The van der Waals surface area contributed by atoms with Crippen molar-refractivity contribution < 1.29 is 9.53 Å². The molecule has 0 aromatic carbocycles. The predicted molar refractivity (Wildman–Crippen MR) is 86.5 cm³/mol. The monoisotopic (exact) mass is 304 g/mol. The van der Waals surface area contributed by atoms with Crippen molar-refractivity contribution in [3.8, 4) is 0 Å². The Balaban J connectivity index is 3.90. The van der Waals surface area contributed by atoms with Gasteiger partial charge >= 0.3 is 0 Å². The fourth-order valence-corrected chi connectivity index (χ4v) is 1.91. The summed E-state index contributed by atoms with van der Waals surface area (Å²) in [4.78, 5) is 15.8. The van der Waals surface area contributed by atoms with E-state index in [1.807, 2.05) is 18.7 Å². The number of carbonyl (C=O) groups excluding carboxylic acids is 1.